The summed E-state index contributed by atoms with van der Waals surface area (Å²) in [5.41, 5.74) is 3.84. The van der Waals surface area contributed by atoms with Crippen molar-refractivity contribution in [2.45, 2.75) is 19.4 Å². The van der Waals surface area contributed by atoms with Gasteiger partial charge in [-0.25, -0.2) is 0 Å². The van der Waals surface area contributed by atoms with Crippen LogP contribution in [0.3, 0.4) is 0 Å². The molecule has 5 nitrogen and oxygen atoms in total. The van der Waals surface area contributed by atoms with Crippen LogP contribution in [0.4, 0.5) is 11.4 Å². The molecule has 0 atom stereocenters. The van der Waals surface area contributed by atoms with Crippen LogP contribution in [-0.2, 0) is 9.53 Å². The molecule has 0 bridgehead atoms. The van der Waals surface area contributed by atoms with Crippen molar-refractivity contribution in [3.05, 3.63) is 41.4 Å². The first-order valence-corrected chi connectivity index (χ1v) is 9.44. The van der Waals surface area contributed by atoms with E-state index in [1.807, 2.05) is 32.0 Å². The molecule has 2 aliphatic heterocycles. The first-order chi connectivity index (χ1) is 12.9. The van der Waals surface area contributed by atoms with Gasteiger partial charge in [-0.3, -0.25) is 4.79 Å². The predicted octanol–water partition coefficient (Wildman–Crippen LogP) is 4.20. The Morgan fingerprint density at radius 3 is 2.81 bits per heavy atom. The van der Waals surface area contributed by atoms with Gasteiger partial charge >= 0.3 is 5.97 Å². The Bertz CT molecular complexity index is 891. The highest BCUT2D eigenvalue weighted by atomic mass is 35.5. The fourth-order valence-electron chi connectivity index (χ4n) is 3.58. The van der Waals surface area contributed by atoms with Crippen LogP contribution in [0.25, 0.3) is 11.1 Å². The molecule has 27 heavy (non-hydrogen) atoms. The van der Waals surface area contributed by atoms with E-state index < -0.39 is 0 Å². The predicted molar refractivity (Wildman–Crippen MR) is 108 cm³/mol. The van der Waals surface area contributed by atoms with Gasteiger partial charge in [-0.2, -0.15) is 0 Å². The summed E-state index contributed by atoms with van der Waals surface area (Å²) in [7, 11) is 1.43. The minimum absolute atomic E-state index is 0.0464. The van der Waals surface area contributed by atoms with E-state index in [1.54, 1.807) is 0 Å². The molecule has 1 fully saturated rings. The summed E-state index contributed by atoms with van der Waals surface area (Å²) in [5.74, 6) is 0.582. The molecule has 0 aromatic heterocycles. The van der Waals surface area contributed by atoms with Crippen molar-refractivity contribution in [1.82, 2.24) is 0 Å². The van der Waals surface area contributed by atoms with Crippen LogP contribution in [0.5, 0.6) is 5.75 Å². The van der Waals surface area contributed by atoms with Crippen LogP contribution >= 0.6 is 11.6 Å². The molecule has 2 aliphatic rings. The largest absolute Gasteiger partial charge is 0.484 e. The van der Waals surface area contributed by atoms with Gasteiger partial charge in [0.15, 0.2) is 0 Å². The van der Waals surface area contributed by atoms with Gasteiger partial charge in [-0.1, -0.05) is 23.7 Å². The van der Waals surface area contributed by atoms with Crippen molar-refractivity contribution in [3.8, 4) is 16.9 Å². The van der Waals surface area contributed by atoms with E-state index in [0.717, 1.165) is 34.8 Å². The molecule has 0 unspecified atom stereocenters. The zero-order chi connectivity index (χ0) is 19.2. The van der Waals surface area contributed by atoms with E-state index in [1.165, 1.54) is 7.11 Å². The van der Waals surface area contributed by atoms with Crippen LogP contribution in [0.2, 0.25) is 5.02 Å². The number of methoxy groups -OCH3 is 1. The van der Waals surface area contributed by atoms with E-state index in [2.05, 4.69) is 28.4 Å². The fourth-order valence-corrected chi connectivity index (χ4v) is 3.79. The second-order valence-electron chi connectivity index (χ2n) is 7.72. The Kier molecular flexibility index (Phi) is 4.42. The van der Waals surface area contributed by atoms with Gasteiger partial charge in [0.2, 0.25) is 0 Å². The zero-order valence-corrected chi connectivity index (χ0v) is 16.5. The van der Waals surface area contributed by atoms with E-state index >= 15 is 0 Å². The maximum Gasteiger partial charge on any atom is 0.312 e. The molecule has 2 aromatic carbocycles. The van der Waals surface area contributed by atoms with E-state index in [4.69, 9.17) is 21.1 Å². The summed E-state index contributed by atoms with van der Waals surface area (Å²) in [6, 6.07) is 12.1. The topological polar surface area (TPSA) is 50.8 Å². The molecular weight excluding hydrogens is 364 g/mol. The highest BCUT2D eigenvalue weighted by Gasteiger charge is 2.34. The molecule has 0 saturated carbocycles. The Balaban J connectivity index is 1.64. The van der Waals surface area contributed by atoms with Gasteiger partial charge in [0.1, 0.15) is 11.4 Å². The smallest absolute Gasteiger partial charge is 0.312 e. The quantitative estimate of drug-likeness (QED) is 0.801. The molecule has 4 rings (SSSR count). The Labute approximate surface area is 164 Å². The Morgan fingerprint density at radius 1 is 1.30 bits per heavy atom. The number of carbonyl (C=O) groups is 1. The third kappa shape index (κ3) is 3.44. The second kappa shape index (κ2) is 6.64. The number of halogens is 1. The average Bonchev–Trinajstić information content (AvgIpc) is 2.58. The normalized spacial score (nSPS) is 18.0. The lowest BCUT2D eigenvalue weighted by Crippen LogP contribution is -2.50. The van der Waals surface area contributed by atoms with Gasteiger partial charge in [0.25, 0.3) is 0 Å². The van der Waals surface area contributed by atoms with E-state index in [0.29, 0.717) is 18.1 Å². The van der Waals surface area contributed by atoms with Crippen molar-refractivity contribution >= 4 is 28.9 Å². The standard InChI is InChI=1S/C21H23ClN2O3/c1-21(2)12-23-19-17(8-15(22)9-18(19)27-21)13-5-4-6-16(7-13)24-10-14(11-24)20(25)26-3/h4-9,14,23H,10-12H2,1-3H3. The fraction of sp³-hybridized carbons (Fsp3) is 0.381. The Hall–Kier alpha value is -2.40. The van der Waals surface area contributed by atoms with Crippen molar-refractivity contribution in [1.29, 1.82) is 0 Å². The van der Waals surface area contributed by atoms with Crippen molar-refractivity contribution < 1.29 is 14.3 Å². The minimum atomic E-state index is -0.280. The number of carbonyl (C=O) groups excluding carboxylic acids is 1. The average molecular weight is 387 g/mol. The van der Waals surface area contributed by atoms with Crippen molar-refractivity contribution in [2.24, 2.45) is 5.92 Å². The first kappa shape index (κ1) is 18.0. The third-order valence-electron chi connectivity index (χ3n) is 5.08. The molecule has 2 heterocycles. The number of ether oxygens (including phenoxy) is 2. The van der Waals surface area contributed by atoms with Gasteiger partial charge in [-0.15, -0.1) is 0 Å². The summed E-state index contributed by atoms with van der Waals surface area (Å²) in [6.45, 7) is 6.18. The van der Waals surface area contributed by atoms with Crippen LogP contribution in [0.15, 0.2) is 36.4 Å². The lowest BCUT2D eigenvalue weighted by atomic mass is 9.96. The lowest BCUT2D eigenvalue weighted by molar-refractivity contribution is -0.146. The number of anilines is 2. The highest BCUT2D eigenvalue weighted by Crippen LogP contribution is 2.43. The number of hydrogen-bond donors (Lipinski definition) is 1. The molecule has 0 radical (unpaired) electrons. The zero-order valence-electron chi connectivity index (χ0n) is 15.7. The number of fused-ring (bicyclic) bond motifs is 1. The molecule has 2 aromatic rings. The molecule has 0 aliphatic carbocycles. The van der Waals surface area contributed by atoms with Crippen LogP contribution < -0.4 is 15.0 Å². The number of benzene rings is 2. The molecule has 0 spiro atoms. The van der Waals surface area contributed by atoms with Gasteiger partial charge in [0.05, 0.1) is 25.3 Å². The van der Waals surface area contributed by atoms with E-state index in [-0.39, 0.29) is 17.5 Å². The SMILES string of the molecule is COC(=O)C1CN(c2cccc(-c3cc(Cl)cc4c3NCC(C)(C)O4)c2)C1. The van der Waals surface area contributed by atoms with Crippen LogP contribution in [0.1, 0.15) is 13.8 Å². The maximum absolute atomic E-state index is 11.6. The van der Waals surface area contributed by atoms with Gasteiger partial charge < -0.3 is 19.7 Å². The molecular formula is C21H23ClN2O3. The van der Waals surface area contributed by atoms with Crippen molar-refractivity contribution in [2.75, 3.05) is 37.0 Å². The maximum atomic E-state index is 11.6. The number of nitrogens with zero attached hydrogens (tertiary/aromatic N) is 1. The number of nitrogens with one attached hydrogen (secondary N) is 1. The van der Waals surface area contributed by atoms with Gasteiger partial charge in [-0.05, 0) is 37.6 Å². The highest BCUT2D eigenvalue weighted by molar-refractivity contribution is 6.31. The lowest BCUT2D eigenvalue weighted by Gasteiger charge is -2.39. The summed E-state index contributed by atoms with van der Waals surface area (Å²) < 4.78 is 10.9. The summed E-state index contributed by atoms with van der Waals surface area (Å²) >= 11 is 6.37. The number of rotatable bonds is 3. The third-order valence-corrected chi connectivity index (χ3v) is 5.30. The monoisotopic (exact) mass is 386 g/mol. The van der Waals surface area contributed by atoms with Crippen molar-refractivity contribution in [3.63, 3.8) is 0 Å². The number of hydrogen-bond acceptors (Lipinski definition) is 5. The molecule has 142 valence electrons. The number of esters is 1. The van der Waals surface area contributed by atoms with Crippen LogP contribution in [-0.4, -0.2) is 38.3 Å². The first-order valence-electron chi connectivity index (χ1n) is 9.06. The second-order valence-corrected chi connectivity index (χ2v) is 8.15. The molecule has 1 saturated heterocycles. The summed E-state index contributed by atoms with van der Waals surface area (Å²) in [4.78, 5) is 13.8. The van der Waals surface area contributed by atoms with Crippen LogP contribution in [0, 0.1) is 5.92 Å². The summed E-state index contributed by atoms with van der Waals surface area (Å²) in [5, 5.41) is 4.14. The van der Waals surface area contributed by atoms with E-state index in [9.17, 15) is 4.79 Å². The molecule has 6 heteroatoms. The molecule has 1 N–H and O–H groups in total. The Morgan fingerprint density at radius 2 is 2.07 bits per heavy atom. The van der Waals surface area contributed by atoms with Gasteiger partial charge in [0, 0.05) is 35.4 Å². The minimum Gasteiger partial charge on any atom is -0.484 e. The molecule has 0 amide bonds. The summed E-state index contributed by atoms with van der Waals surface area (Å²) in [6.07, 6.45) is 0.